The van der Waals surface area contributed by atoms with Crippen molar-refractivity contribution in [3.8, 4) is 0 Å². The molecular weight excluding hydrogens is 432 g/mol. The number of Topliss-reactive ketones (excluding diaryl/α,β-unsaturated/α-hetero) is 1. The van der Waals surface area contributed by atoms with Gasteiger partial charge in [0.15, 0.2) is 0 Å². The van der Waals surface area contributed by atoms with Gasteiger partial charge in [0.2, 0.25) is 5.91 Å². The van der Waals surface area contributed by atoms with Crippen LogP contribution in [0.1, 0.15) is 55.9 Å². The minimum atomic E-state index is 0. The molecule has 31 heavy (non-hydrogen) atoms. The number of nitrogens with one attached hydrogen (secondary N) is 2. The summed E-state index contributed by atoms with van der Waals surface area (Å²) < 4.78 is 8.79. The molecule has 0 aromatic carbocycles. The number of methoxy groups -OCH3 is 2. The maximum Gasteiger partial charge on any atom is 0.216 e. The summed E-state index contributed by atoms with van der Waals surface area (Å²) in [4.78, 5) is 19.1. The second kappa shape index (κ2) is 99.8. The normalized spacial score (nSPS) is 6.84. The van der Waals surface area contributed by atoms with E-state index in [1.165, 1.54) is 26.5 Å². The second-order valence-corrected chi connectivity index (χ2v) is 6.82. The van der Waals surface area contributed by atoms with Crippen LogP contribution in [0.3, 0.4) is 0 Å². The molecule has 0 spiro atoms. The number of carbonyl (C=O) groups excluding carboxylic acids is 2. The van der Waals surface area contributed by atoms with Crippen LogP contribution >= 0.6 is 23.5 Å². The average molecular weight is 493 g/mol. The molecular formula is C23H60N2O4S2. The first-order valence-electron chi connectivity index (χ1n) is 9.59. The summed E-state index contributed by atoms with van der Waals surface area (Å²) in [6, 6.07) is 0. The van der Waals surface area contributed by atoms with Crippen LogP contribution < -0.4 is 10.6 Å². The van der Waals surface area contributed by atoms with Crippen molar-refractivity contribution in [1.82, 2.24) is 10.6 Å². The number of hydrogen-bond acceptors (Lipinski definition) is 7. The highest BCUT2D eigenvalue weighted by Crippen LogP contribution is 1.83. The zero-order chi connectivity index (χ0) is 26.2. The summed E-state index contributed by atoms with van der Waals surface area (Å²) in [6.07, 6.45) is 10.2. The highest BCUT2D eigenvalue weighted by Gasteiger charge is 1.72. The molecule has 6 nitrogen and oxygen atoms in total. The molecule has 0 atom stereocenters. The predicted octanol–water partition coefficient (Wildman–Crippen LogP) is 5.67. The molecule has 0 heterocycles. The molecule has 0 saturated heterocycles. The highest BCUT2D eigenvalue weighted by molar-refractivity contribution is 7.98. The van der Waals surface area contributed by atoms with Crippen molar-refractivity contribution >= 4 is 35.2 Å². The van der Waals surface area contributed by atoms with E-state index in [4.69, 9.17) is 0 Å². The van der Waals surface area contributed by atoms with Crippen molar-refractivity contribution in [2.75, 3.05) is 73.6 Å². The van der Waals surface area contributed by atoms with E-state index in [0.29, 0.717) is 0 Å². The van der Waals surface area contributed by atoms with E-state index in [-0.39, 0.29) is 19.1 Å². The van der Waals surface area contributed by atoms with Crippen LogP contribution in [0.5, 0.6) is 0 Å². The maximum absolute atomic E-state index is 9.70. The van der Waals surface area contributed by atoms with E-state index in [1.54, 1.807) is 40.1 Å². The van der Waals surface area contributed by atoms with E-state index in [9.17, 15) is 9.59 Å². The van der Waals surface area contributed by atoms with E-state index < -0.39 is 0 Å². The van der Waals surface area contributed by atoms with E-state index in [1.807, 2.05) is 71.3 Å². The van der Waals surface area contributed by atoms with Gasteiger partial charge >= 0.3 is 0 Å². The predicted molar refractivity (Wildman–Crippen MR) is 152 cm³/mol. The van der Waals surface area contributed by atoms with Gasteiger partial charge in [-0.15, -0.1) is 0 Å². The van der Waals surface area contributed by atoms with Gasteiger partial charge in [-0.3, -0.25) is 4.79 Å². The number of ether oxygens (including phenoxy) is 2. The molecule has 8 heteroatoms. The lowest BCUT2D eigenvalue weighted by Gasteiger charge is -1.80. The Morgan fingerprint density at radius 1 is 0.871 bits per heavy atom. The number of rotatable bonds is 2. The first-order chi connectivity index (χ1) is 14.0. The van der Waals surface area contributed by atoms with Gasteiger partial charge in [-0.2, -0.15) is 23.5 Å². The molecule has 0 radical (unpaired) electrons. The third-order valence-electron chi connectivity index (χ3n) is 1.26. The summed E-state index contributed by atoms with van der Waals surface area (Å²) in [6.45, 7) is 13.4. The van der Waals surface area contributed by atoms with Crippen LogP contribution in [0.25, 0.3) is 0 Å². The minimum absolute atomic E-state index is 0. The van der Waals surface area contributed by atoms with Crippen molar-refractivity contribution in [3.05, 3.63) is 12.2 Å². The summed E-state index contributed by atoms with van der Waals surface area (Å²) in [5.41, 5.74) is 0. The first-order valence-corrected chi connectivity index (χ1v) is 12.6. The Kier molecular flexibility index (Phi) is 185. The molecule has 0 aromatic rings. The van der Waals surface area contributed by atoms with Gasteiger partial charge in [0.1, 0.15) is 5.78 Å². The molecule has 2 N–H and O–H groups in total. The fourth-order valence-electron chi connectivity index (χ4n) is 0. The van der Waals surface area contributed by atoms with Crippen molar-refractivity contribution in [1.29, 1.82) is 0 Å². The summed E-state index contributed by atoms with van der Waals surface area (Å²) in [5, 5.41) is 5.14. The SMILES string of the molecule is C.C/C=C\C.CC(C)=O.CCOC.CCSC.CNC.CNC(C)=O.COC.CSC. The van der Waals surface area contributed by atoms with Crippen molar-refractivity contribution in [3.63, 3.8) is 0 Å². The molecule has 1 amide bonds. The molecule has 198 valence electrons. The van der Waals surface area contributed by atoms with Gasteiger partial charge in [-0.1, -0.05) is 26.5 Å². The van der Waals surface area contributed by atoms with Gasteiger partial charge in [-0.25, -0.2) is 0 Å². The van der Waals surface area contributed by atoms with Crippen LogP contribution in [-0.2, 0) is 19.1 Å². The smallest absolute Gasteiger partial charge is 0.216 e. The quantitative estimate of drug-likeness (QED) is 0.481. The van der Waals surface area contributed by atoms with Gasteiger partial charge in [0, 0.05) is 41.9 Å². The largest absolute Gasteiger partial charge is 0.388 e. The number of ketones is 1. The zero-order valence-corrected chi connectivity index (χ0v) is 24.7. The van der Waals surface area contributed by atoms with Crippen molar-refractivity contribution in [2.45, 2.75) is 55.9 Å². The molecule has 0 bridgehead atoms. The lowest BCUT2D eigenvalue weighted by molar-refractivity contribution is -0.118. The number of amides is 1. The lowest BCUT2D eigenvalue weighted by Crippen LogP contribution is -2.11. The van der Waals surface area contributed by atoms with E-state index >= 15 is 0 Å². The molecule has 0 saturated carbocycles. The van der Waals surface area contributed by atoms with Gasteiger partial charge < -0.3 is 24.9 Å². The Morgan fingerprint density at radius 3 is 1.00 bits per heavy atom. The van der Waals surface area contributed by atoms with E-state index in [2.05, 4.69) is 33.3 Å². The molecule has 0 unspecified atom stereocenters. The van der Waals surface area contributed by atoms with Crippen LogP contribution in [0, 0.1) is 0 Å². The lowest BCUT2D eigenvalue weighted by atomic mass is 10.6. The van der Waals surface area contributed by atoms with Crippen LogP contribution in [0.4, 0.5) is 0 Å². The van der Waals surface area contributed by atoms with Gasteiger partial charge in [0.25, 0.3) is 0 Å². The van der Waals surface area contributed by atoms with Crippen LogP contribution in [0.15, 0.2) is 12.2 Å². The fraction of sp³-hybridized carbons (Fsp3) is 0.826. The van der Waals surface area contributed by atoms with Crippen molar-refractivity contribution < 1.29 is 19.1 Å². The summed E-state index contributed by atoms with van der Waals surface area (Å²) >= 11 is 3.61. The number of thioether (sulfide) groups is 2. The Bertz CT molecular complexity index is 237. The van der Waals surface area contributed by atoms with Gasteiger partial charge in [-0.05, 0) is 73.2 Å². The fourth-order valence-corrected chi connectivity index (χ4v) is 0. The third kappa shape index (κ3) is 1120. The molecule has 0 rings (SSSR count). The Labute approximate surface area is 206 Å². The molecule has 0 aromatic heterocycles. The topological polar surface area (TPSA) is 76.7 Å². The Hall–Kier alpha value is -0.540. The number of allylic oxidation sites excluding steroid dienone is 2. The summed E-state index contributed by atoms with van der Waals surface area (Å²) in [5.74, 6) is 1.41. The van der Waals surface area contributed by atoms with Crippen LogP contribution in [0.2, 0.25) is 0 Å². The Balaban J connectivity index is -0.0000000255. The number of carbonyl (C=O) groups is 2. The monoisotopic (exact) mass is 492 g/mol. The minimum Gasteiger partial charge on any atom is -0.388 e. The highest BCUT2D eigenvalue weighted by atomic mass is 32.2. The standard InChI is InChI=1S/C4H8.C3H7NO.C3H8O.C3H6O.C3H8S.C2H7N.C2H6O.C2H6S.CH4/c1-3-4-2;1-3(5)4-2;1-3-4-2;1-3(2)4;1-3-4-2;3*1-3-2;/h3-4H,1-2H3;1-2H3,(H,4,5);3H2,1-2H3;1-2H3;3H2,1-2H3;3H,1-2H3;2*1-2H3;1H4/b4-3-;;;;;;;;. The third-order valence-corrected chi connectivity index (χ3v) is 1.84. The van der Waals surface area contributed by atoms with Crippen molar-refractivity contribution in [2.24, 2.45) is 0 Å². The molecule has 0 aliphatic carbocycles. The van der Waals surface area contributed by atoms with Gasteiger partial charge in [0.05, 0.1) is 0 Å². The molecule has 0 fully saturated rings. The Morgan fingerprint density at radius 2 is 1.00 bits per heavy atom. The number of hydrogen-bond donors (Lipinski definition) is 2. The zero-order valence-electron chi connectivity index (χ0n) is 23.0. The maximum atomic E-state index is 9.70. The molecule has 0 aliphatic heterocycles. The first kappa shape index (κ1) is 57.4. The van der Waals surface area contributed by atoms with E-state index in [0.717, 1.165) is 6.61 Å². The molecule has 0 aliphatic rings. The average Bonchev–Trinajstić information content (AvgIpc) is 2.70. The van der Waals surface area contributed by atoms with Crippen LogP contribution in [-0.4, -0.2) is 85.3 Å². The summed E-state index contributed by atoms with van der Waals surface area (Å²) in [7, 11) is 10.3. The second-order valence-electron chi connectivity index (χ2n) is 4.85.